The molecule has 0 spiro atoms. The van der Waals surface area contributed by atoms with E-state index in [1.54, 1.807) is 0 Å². The van der Waals surface area contributed by atoms with Gasteiger partial charge in [0.2, 0.25) is 0 Å². The van der Waals surface area contributed by atoms with Gasteiger partial charge in [-0.2, -0.15) is 0 Å². The molecule has 0 fully saturated rings. The Labute approximate surface area is 64.6 Å². The van der Waals surface area contributed by atoms with Crippen molar-refractivity contribution in [2.75, 3.05) is 0 Å². The van der Waals surface area contributed by atoms with Crippen LogP contribution in [0.3, 0.4) is 0 Å². The summed E-state index contributed by atoms with van der Waals surface area (Å²) in [6.07, 6.45) is 9.50. The van der Waals surface area contributed by atoms with Crippen LogP contribution < -0.4 is 0 Å². The van der Waals surface area contributed by atoms with Gasteiger partial charge in [-0.15, -0.1) is 0 Å². The minimum absolute atomic E-state index is 0. The normalized spacial score (nSPS) is 11.0. The van der Waals surface area contributed by atoms with Gasteiger partial charge in [0, 0.05) is 0 Å². The molecule has 0 saturated carbocycles. The molecular formula is C7H12V. The largest absolute Gasteiger partial charge is 2.00 e. The van der Waals surface area contributed by atoms with Crippen molar-refractivity contribution in [3.63, 3.8) is 0 Å². The second-order valence-electron chi connectivity index (χ2n) is 1.09. The molecule has 0 amide bonds. The first kappa shape index (κ1) is 15.7. The minimum atomic E-state index is 0. The standard InChI is InChI=1S/C5H6.2CH3.V/c1-2-4-5-3-1;;;/h1-4H,5H2;2*1H3;/q;2*-1;+2. The first-order valence-corrected chi connectivity index (χ1v) is 1.82. The smallest absolute Gasteiger partial charge is 0.358 e. The van der Waals surface area contributed by atoms with Gasteiger partial charge in [-0.3, -0.25) is 0 Å². The third kappa shape index (κ3) is 6.06. The molecule has 0 aliphatic heterocycles. The Kier molecular flexibility index (Phi) is 19.9. The molecule has 1 rings (SSSR count). The second kappa shape index (κ2) is 10.1. The SMILES string of the molecule is C1=CCC=C1.[CH3-].[CH3-].[V+2]. The Morgan fingerprint density at radius 1 is 0.875 bits per heavy atom. The van der Waals surface area contributed by atoms with Crippen LogP contribution >= 0.6 is 0 Å². The molecule has 1 aliphatic rings. The fraction of sp³-hybridized carbons (Fsp3) is 0.143. The van der Waals surface area contributed by atoms with Crippen LogP contribution in [0.5, 0.6) is 0 Å². The zero-order valence-corrected chi connectivity index (χ0v) is 6.86. The monoisotopic (exact) mass is 147 g/mol. The summed E-state index contributed by atoms with van der Waals surface area (Å²) in [7, 11) is 0. The van der Waals surface area contributed by atoms with Gasteiger partial charge in [0.05, 0.1) is 0 Å². The summed E-state index contributed by atoms with van der Waals surface area (Å²) in [5.41, 5.74) is 0. The Balaban J connectivity index is -0.0000000833. The second-order valence-corrected chi connectivity index (χ2v) is 1.09. The average molecular weight is 147 g/mol. The minimum Gasteiger partial charge on any atom is -0.358 e. The molecule has 1 radical (unpaired) electrons. The number of allylic oxidation sites excluding steroid dienone is 4. The molecule has 0 aromatic rings. The van der Waals surface area contributed by atoms with E-state index in [-0.39, 0.29) is 33.4 Å². The van der Waals surface area contributed by atoms with E-state index in [1.807, 2.05) is 0 Å². The predicted molar refractivity (Wildman–Crippen MR) is 35.7 cm³/mol. The zero-order chi connectivity index (χ0) is 3.54. The van der Waals surface area contributed by atoms with Crippen LogP contribution in [-0.2, 0) is 18.6 Å². The summed E-state index contributed by atoms with van der Waals surface area (Å²) >= 11 is 0. The molecule has 8 heavy (non-hydrogen) atoms. The first-order chi connectivity index (χ1) is 2.50. The summed E-state index contributed by atoms with van der Waals surface area (Å²) < 4.78 is 0. The molecule has 0 bridgehead atoms. The Morgan fingerprint density at radius 3 is 1.38 bits per heavy atom. The molecule has 0 saturated heterocycles. The van der Waals surface area contributed by atoms with E-state index < -0.39 is 0 Å². The zero-order valence-electron chi connectivity index (χ0n) is 5.46. The summed E-state index contributed by atoms with van der Waals surface area (Å²) in [4.78, 5) is 0. The molecule has 0 aromatic carbocycles. The predicted octanol–water partition coefficient (Wildman–Crippen LogP) is 2.40. The van der Waals surface area contributed by atoms with Gasteiger partial charge in [-0.1, -0.05) is 24.3 Å². The summed E-state index contributed by atoms with van der Waals surface area (Å²) in [6, 6.07) is 0. The van der Waals surface area contributed by atoms with Crippen LogP contribution in [0.2, 0.25) is 0 Å². The van der Waals surface area contributed by atoms with Crippen molar-refractivity contribution in [1.29, 1.82) is 0 Å². The maximum absolute atomic E-state index is 2.12. The van der Waals surface area contributed by atoms with E-state index in [0.717, 1.165) is 6.42 Å². The summed E-state index contributed by atoms with van der Waals surface area (Å²) in [5, 5.41) is 0. The van der Waals surface area contributed by atoms with E-state index in [9.17, 15) is 0 Å². The molecule has 45 valence electrons. The van der Waals surface area contributed by atoms with Gasteiger partial charge < -0.3 is 14.9 Å². The van der Waals surface area contributed by atoms with Crippen molar-refractivity contribution < 1.29 is 18.6 Å². The Hall–Kier alpha value is 0.0644. The van der Waals surface area contributed by atoms with E-state index in [2.05, 4.69) is 24.3 Å². The van der Waals surface area contributed by atoms with Crippen molar-refractivity contribution in [3.05, 3.63) is 39.2 Å². The van der Waals surface area contributed by atoms with E-state index in [1.165, 1.54) is 0 Å². The molecule has 0 N–H and O–H groups in total. The van der Waals surface area contributed by atoms with Crippen LogP contribution in [0.15, 0.2) is 24.3 Å². The number of hydrogen-bond donors (Lipinski definition) is 0. The Morgan fingerprint density at radius 2 is 1.25 bits per heavy atom. The maximum atomic E-state index is 2.12. The van der Waals surface area contributed by atoms with E-state index in [4.69, 9.17) is 0 Å². The Bertz CT molecular complexity index is 62.5. The van der Waals surface area contributed by atoms with Crippen LogP contribution in [0.1, 0.15) is 6.42 Å². The van der Waals surface area contributed by atoms with Crippen LogP contribution in [0.4, 0.5) is 0 Å². The fourth-order valence-corrected chi connectivity index (χ4v) is 0.393. The first-order valence-electron chi connectivity index (χ1n) is 1.82. The van der Waals surface area contributed by atoms with Gasteiger partial charge in [0.25, 0.3) is 0 Å². The van der Waals surface area contributed by atoms with Crippen LogP contribution in [0.25, 0.3) is 0 Å². The van der Waals surface area contributed by atoms with Gasteiger partial charge in [0.1, 0.15) is 0 Å². The fourth-order valence-electron chi connectivity index (χ4n) is 0.393. The van der Waals surface area contributed by atoms with Crippen molar-refractivity contribution in [2.24, 2.45) is 0 Å². The molecule has 1 aliphatic carbocycles. The van der Waals surface area contributed by atoms with Gasteiger partial charge in [-0.05, 0) is 6.42 Å². The molecule has 0 aromatic heterocycles. The number of rotatable bonds is 0. The molecule has 0 unspecified atom stereocenters. The van der Waals surface area contributed by atoms with Crippen molar-refractivity contribution >= 4 is 0 Å². The third-order valence-electron chi connectivity index (χ3n) is 0.655. The number of hydrogen-bond acceptors (Lipinski definition) is 0. The van der Waals surface area contributed by atoms with Gasteiger partial charge >= 0.3 is 18.6 Å². The van der Waals surface area contributed by atoms with Crippen LogP contribution in [-0.4, -0.2) is 0 Å². The third-order valence-corrected chi connectivity index (χ3v) is 0.655. The molecule has 0 atom stereocenters. The van der Waals surface area contributed by atoms with Crippen molar-refractivity contribution in [2.45, 2.75) is 6.42 Å². The average Bonchev–Trinajstić information content (AvgIpc) is 1.76. The topological polar surface area (TPSA) is 0 Å². The summed E-state index contributed by atoms with van der Waals surface area (Å²) in [5.74, 6) is 0. The van der Waals surface area contributed by atoms with Crippen molar-refractivity contribution in [3.8, 4) is 0 Å². The van der Waals surface area contributed by atoms with Gasteiger partial charge in [0.15, 0.2) is 0 Å². The van der Waals surface area contributed by atoms with Gasteiger partial charge in [-0.25, -0.2) is 0 Å². The van der Waals surface area contributed by atoms with Crippen LogP contribution in [0, 0.1) is 14.9 Å². The molecule has 1 heteroatoms. The quantitative estimate of drug-likeness (QED) is 0.461. The van der Waals surface area contributed by atoms with E-state index in [0.29, 0.717) is 0 Å². The molecular weight excluding hydrogens is 135 g/mol. The molecule has 0 heterocycles. The van der Waals surface area contributed by atoms with Crippen molar-refractivity contribution in [1.82, 2.24) is 0 Å². The van der Waals surface area contributed by atoms with E-state index >= 15 is 0 Å². The summed E-state index contributed by atoms with van der Waals surface area (Å²) in [6.45, 7) is 0. The molecule has 0 nitrogen and oxygen atoms in total. The maximum Gasteiger partial charge on any atom is 2.00 e.